The minimum absolute atomic E-state index is 0. The van der Waals surface area contributed by atoms with Gasteiger partial charge in [-0.25, -0.2) is 4.79 Å². The summed E-state index contributed by atoms with van der Waals surface area (Å²) in [5.41, 5.74) is 7.99. The Bertz CT molecular complexity index is 966. The molecule has 0 saturated heterocycles. The number of methoxy groups -OCH3 is 1. The molecule has 2 N–H and O–H groups in total. The lowest BCUT2D eigenvalue weighted by atomic mass is 9.90. The fourth-order valence-corrected chi connectivity index (χ4v) is 5.69. The molecule has 5 nitrogen and oxygen atoms in total. The van der Waals surface area contributed by atoms with Crippen molar-refractivity contribution in [2.45, 2.75) is 12.3 Å². The lowest BCUT2D eigenvalue weighted by Crippen LogP contribution is -2.37. The maximum absolute atomic E-state index is 13.1. The number of nitrogens with two attached hydrogens (primary N) is 1. The second kappa shape index (κ2) is 7.98. The van der Waals surface area contributed by atoms with E-state index in [-0.39, 0.29) is 24.3 Å². The molecule has 1 unspecified atom stereocenters. The highest BCUT2D eigenvalue weighted by Gasteiger charge is 2.29. The van der Waals surface area contributed by atoms with Gasteiger partial charge in [-0.15, -0.1) is 35.1 Å². The zero-order valence-electron chi connectivity index (χ0n) is 14.6. The highest BCUT2D eigenvalue weighted by Crippen LogP contribution is 2.38. The summed E-state index contributed by atoms with van der Waals surface area (Å²) in [5.74, 6) is -0.0466. The molecule has 0 fully saturated rings. The number of hydrogen-bond acceptors (Lipinski definition) is 6. The van der Waals surface area contributed by atoms with Crippen LogP contribution < -0.4 is 10.6 Å². The molecule has 0 radical (unpaired) electrons. The maximum atomic E-state index is 13.1. The van der Waals surface area contributed by atoms with Crippen LogP contribution in [0.4, 0.5) is 5.69 Å². The van der Waals surface area contributed by atoms with Gasteiger partial charge in [0, 0.05) is 17.6 Å². The normalized spacial score (nSPS) is 15.9. The lowest BCUT2D eigenvalue weighted by Gasteiger charge is -2.33. The number of ether oxygens (including phenoxy) is 1. The molecule has 142 valence electrons. The molecule has 1 aromatic carbocycles. The Labute approximate surface area is 171 Å². The minimum Gasteiger partial charge on any atom is -0.465 e. The van der Waals surface area contributed by atoms with Crippen LogP contribution in [-0.4, -0.2) is 32.1 Å². The first-order valence-corrected chi connectivity index (χ1v) is 9.98. The molecular formula is C19H19ClN2O3S2. The molecule has 2 aromatic heterocycles. The van der Waals surface area contributed by atoms with E-state index in [9.17, 15) is 9.59 Å². The fourth-order valence-electron chi connectivity index (χ4n) is 3.37. The third kappa shape index (κ3) is 3.48. The number of amides is 1. The first kappa shape index (κ1) is 19.8. The van der Waals surface area contributed by atoms with Crippen molar-refractivity contribution < 1.29 is 14.3 Å². The Morgan fingerprint density at radius 3 is 2.63 bits per heavy atom. The predicted octanol–water partition coefficient (Wildman–Crippen LogP) is 4.26. The number of esters is 1. The van der Waals surface area contributed by atoms with Gasteiger partial charge in [0.15, 0.2) is 0 Å². The Morgan fingerprint density at radius 2 is 1.93 bits per heavy atom. The Morgan fingerprint density at radius 1 is 1.22 bits per heavy atom. The number of rotatable bonds is 3. The van der Waals surface area contributed by atoms with Crippen molar-refractivity contribution in [1.82, 2.24) is 0 Å². The molecule has 1 amide bonds. The van der Waals surface area contributed by atoms with E-state index in [1.54, 1.807) is 6.07 Å². The number of fused-ring (bicyclic) bond motifs is 2. The van der Waals surface area contributed by atoms with E-state index in [1.165, 1.54) is 29.8 Å². The van der Waals surface area contributed by atoms with E-state index in [1.807, 2.05) is 29.2 Å². The van der Waals surface area contributed by atoms with Gasteiger partial charge in [0.1, 0.15) is 4.88 Å². The number of benzene rings is 1. The first-order chi connectivity index (χ1) is 12.6. The molecule has 0 saturated carbocycles. The predicted molar refractivity (Wildman–Crippen MR) is 113 cm³/mol. The van der Waals surface area contributed by atoms with Gasteiger partial charge >= 0.3 is 5.97 Å². The van der Waals surface area contributed by atoms with Crippen LogP contribution in [0, 0.1) is 0 Å². The quantitative estimate of drug-likeness (QED) is 0.640. The van der Waals surface area contributed by atoms with Crippen LogP contribution in [-0.2, 0) is 4.74 Å². The van der Waals surface area contributed by atoms with Crippen LogP contribution in [0.25, 0.3) is 9.40 Å². The zero-order valence-corrected chi connectivity index (χ0v) is 17.1. The molecule has 4 rings (SSSR count). The summed E-state index contributed by atoms with van der Waals surface area (Å²) < 4.78 is 5.72. The van der Waals surface area contributed by atoms with Gasteiger partial charge in [0.25, 0.3) is 5.91 Å². The number of nitrogens with zero attached hydrogens (tertiary/aromatic N) is 1. The van der Waals surface area contributed by atoms with Gasteiger partial charge in [-0.2, -0.15) is 0 Å². The summed E-state index contributed by atoms with van der Waals surface area (Å²) in [6.45, 7) is 1.25. The average Bonchev–Trinajstić information content (AvgIpc) is 3.25. The van der Waals surface area contributed by atoms with Gasteiger partial charge in [-0.3, -0.25) is 4.79 Å². The molecule has 27 heavy (non-hydrogen) atoms. The molecule has 0 spiro atoms. The van der Waals surface area contributed by atoms with E-state index in [0.29, 0.717) is 28.8 Å². The van der Waals surface area contributed by atoms with Gasteiger partial charge in [0.05, 0.1) is 16.0 Å². The van der Waals surface area contributed by atoms with Crippen LogP contribution in [0.2, 0.25) is 0 Å². The second-order valence-corrected chi connectivity index (χ2v) is 8.56. The SMILES string of the molecule is COC(=O)c1cc2cc(C(=O)N3CCC(CN)c4ccccc43)sc2s1.Cl. The number of hydrogen-bond donors (Lipinski definition) is 1. The summed E-state index contributed by atoms with van der Waals surface area (Å²) in [6.07, 6.45) is 0.867. The third-order valence-corrected chi connectivity index (χ3v) is 7.07. The molecule has 0 aliphatic carbocycles. The van der Waals surface area contributed by atoms with Gasteiger partial charge in [-0.05, 0) is 42.6 Å². The molecule has 3 heterocycles. The van der Waals surface area contributed by atoms with Gasteiger partial charge < -0.3 is 15.4 Å². The standard InChI is InChI=1S/C19H18N2O3S2.ClH/c1-24-18(23)16-9-12-8-15(25-19(12)26-16)17(22)21-7-6-11(10-20)13-4-2-3-5-14(13)21;/h2-5,8-9,11H,6-7,10,20H2,1H3;1H. The van der Waals surface area contributed by atoms with Crippen molar-refractivity contribution in [3.8, 4) is 0 Å². The summed E-state index contributed by atoms with van der Waals surface area (Å²) in [6, 6.07) is 11.6. The van der Waals surface area contributed by atoms with E-state index in [0.717, 1.165) is 27.1 Å². The largest absolute Gasteiger partial charge is 0.465 e. The van der Waals surface area contributed by atoms with Crippen molar-refractivity contribution >= 4 is 62.0 Å². The van der Waals surface area contributed by atoms with Crippen LogP contribution in [0.3, 0.4) is 0 Å². The fraction of sp³-hybridized carbons (Fsp3) is 0.263. The number of halogens is 1. The van der Waals surface area contributed by atoms with E-state index in [2.05, 4.69) is 6.07 Å². The number of thiophene rings is 2. The van der Waals surface area contributed by atoms with Crippen LogP contribution >= 0.6 is 35.1 Å². The third-order valence-electron chi connectivity index (χ3n) is 4.71. The molecule has 8 heteroatoms. The van der Waals surface area contributed by atoms with E-state index < -0.39 is 0 Å². The number of para-hydroxylation sites is 1. The van der Waals surface area contributed by atoms with Crippen LogP contribution in [0.5, 0.6) is 0 Å². The minimum atomic E-state index is -0.343. The van der Waals surface area contributed by atoms with Gasteiger partial charge in [0.2, 0.25) is 0 Å². The second-order valence-electron chi connectivity index (χ2n) is 6.19. The number of carbonyl (C=O) groups is 2. The van der Waals surface area contributed by atoms with E-state index in [4.69, 9.17) is 10.5 Å². The lowest BCUT2D eigenvalue weighted by molar-refractivity contribution is 0.0606. The van der Waals surface area contributed by atoms with Crippen molar-refractivity contribution in [1.29, 1.82) is 0 Å². The first-order valence-electron chi connectivity index (χ1n) is 8.35. The van der Waals surface area contributed by atoms with E-state index >= 15 is 0 Å². The van der Waals surface area contributed by atoms with Crippen molar-refractivity contribution in [3.05, 3.63) is 51.7 Å². The van der Waals surface area contributed by atoms with Gasteiger partial charge in [-0.1, -0.05) is 18.2 Å². The smallest absolute Gasteiger partial charge is 0.348 e. The molecule has 1 atom stereocenters. The summed E-state index contributed by atoms with van der Waals surface area (Å²) >= 11 is 2.79. The van der Waals surface area contributed by atoms with Crippen molar-refractivity contribution in [2.24, 2.45) is 5.73 Å². The molecule has 3 aromatic rings. The summed E-state index contributed by atoms with van der Waals surface area (Å²) in [7, 11) is 1.37. The topological polar surface area (TPSA) is 72.6 Å². The summed E-state index contributed by atoms with van der Waals surface area (Å²) in [4.78, 5) is 27.9. The molecular weight excluding hydrogens is 404 g/mol. The molecule has 1 aliphatic rings. The van der Waals surface area contributed by atoms with Crippen molar-refractivity contribution in [3.63, 3.8) is 0 Å². The summed E-state index contributed by atoms with van der Waals surface area (Å²) in [5, 5.41) is 0.911. The maximum Gasteiger partial charge on any atom is 0.348 e. The zero-order chi connectivity index (χ0) is 18.3. The Hall–Kier alpha value is -1.93. The number of carbonyl (C=O) groups excluding carboxylic acids is 2. The number of anilines is 1. The average molecular weight is 423 g/mol. The highest BCUT2D eigenvalue weighted by atomic mass is 35.5. The highest BCUT2D eigenvalue weighted by molar-refractivity contribution is 7.39. The molecule has 0 bridgehead atoms. The monoisotopic (exact) mass is 422 g/mol. The molecule has 1 aliphatic heterocycles. The van der Waals surface area contributed by atoms with Crippen LogP contribution in [0.15, 0.2) is 36.4 Å². The van der Waals surface area contributed by atoms with Crippen LogP contribution in [0.1, 0.15) is 37.2 Å². The Balaban J connectivity index is 0.00000210. The Kier molecular flexibility index (Phi) is 5.86. The van der Waals surface area contributed by atoms with Crippen molar-refractivity contribution in [2.75, 3.05) is 25.1 Å².